The first-order chi connectivity index (χ1) is 14.7. The Morgan fingerprint density at radius 2 is 1.93 bits per heavy atom. The third-order valence-corrected chi connectivity index (χ3v) is 4.52. The molecule has 0 unspecified atom stereocenters. The van der Waals surface area contributed by atoms with Crippen LogP contribution in [0.1, 0.15) is 30.5 Å². The van der Waals surface area contributed by atoms with Gasteiger partial charge in [-0.05, 0) is 48.7 Å². The zero-order valence-corrected chi connectivity index (χ0v) is 17.4. The van der Waals surface area contributed by atoms with Gasteiger partial charge in [0.2, 0.25) is 0 Å². The highest BCUT2D eigenvalue weighted by Crippen LogP contribution is 2.18. The van der Waals surface area contributed by atoms with Gasteiger partial charge in [0.25, 0.3) is 0 Å². The van der Waals surface area contributed by atoms with Crippen LogP contribution in [0.2, 0.25) is 0 Å². The number of halogens is 1. The van der Waals surface area contributed by atoms with Crippen molar-refractivity contribution in [3.05, 3.63) is 83.4 Å². The van der Waals surface area contributed by atoms with Crippen LogP contribution in [0, 0.1) is 5.82 Å². The molecule has 0 saturated heterocycles. The van der Waals surface area contributed by atoms with E-state index in [0.717, 1.165) is 12.1 Å². The maximum Gasteiger partial charge on any atom is 0.191 e. The van der Waals surface area contributed by atoms with Gasteiger partial charge < -0.3 is 15.4 Å². The highest BCUT2D eigenvalue weighted by atomic mass is 19.1. The Morgan fingerprint density at radius 3 is 2.63 bits per heavy atom. The second-order valence-electron chi connectivity index (χ2n) is 6.72. The van der Waals surface area contributed by atoms with Crippen LogP contribution in [0.5, 0.6) is 5.75 Å². The molecule has 2 aromatic carbocycles. The summed E-state index contributed by atoms with van der Waals surface area (Å²) in [6.45, 7) is 6.72. The quantitative estimate of drug-likeness (QED) is 0.418. The smallest absolute Gasteiger partial charge is 0.191 e. The van der Waals surface area contributed by atoms with Crippen LogP contribution in [0.15, 0.2) is 65.9 Å². The predicted octanol–water partition coefficient (Wildman–Crippen LogP) is 3.72. The van der Waals surface area contributed by atoms with Crippen LogP contribution in [-0.2, 0) is 19.6 Å². The Kier molecular flexibility index (Phi) is 7.83. The van der Waals surface area contributed by atoms with Gasteiger partial charge in [-0.3, -0.25) is 4.68 Å². The van der Waals surface area contributed by atoms with E-state index in [1.165, 1.54) is 17.2 Å². The average Bonchev–Trinajstić information content (AvgIpc) is 3.26. The van der Waals surface area contributed by atoms with Crippen molar-refractivity contribution < 1.29 is 9.13 Å². The SMILES string of the molecule is CCNC(=NCc1ccc(OCC)c(F)c1)NCc1ccccc1Cn1cccn1. The number of nitrogens with one attached hydrogen (secondary N) is 2. The molecule has 0 radical (unpaired) electrons. The normalized spacial score (nSPS) is 11.4. The summed E-state index contributed by atoms with van der Waals surface area (Å²) in [6, 6.07) is 15.1. The molecule has 0 aliphatic carbocycles. The number of aliphatic imine (C=N–C) groups is 1. The lowest BCUT2D eigenvalue weighted by Gasteiger charge is -2.14. The summed E-state index contributed by atoms with van der Waals surface area (Å²) in [5.74, 6) is 0.583. The van der Waals surface area contributed by atoms with Gasteiger partial charge in [0.15, 0.2) is 17.5 Å². The minimum Gasteiger partial charge on any atom is -0.491 e. The summed E-state index contributed by atoms with van der Waals surface area (Å²) in [7, 11) is 0. The summed E-state index contributed by atoms with van der Waals surface area (Å²) in [5.41, 5.74) is 3.15. The zero-order valence-electron chi connectivity index (χ0n) is 17.4. The van der Waals surface area contributed by atoms with Gasteiger partial charge in [0, 0.05) is 25.5 Å². The van der Waals surface area contributed by atoms with Crippen molar-refractivity contribution in [2.45, 2.75) is 33.5 Å². The molecule has 7 heteroatoms. The number of aromatic nitrogens is 2. The predicted molar refractivity (Wildman–Crippen MR) is 117 cm³/mol. The van der Waals surface area contributed by atoms with Gasteiger partial charge in [-0.15, -0.1) is 0 Å². The molecule has 0 fully saturated rings. The molecule has 6 nitrogen and oxygen atoms in total. The fraction of sp³-hybridized carbons (Fsp3) is 0.304. The summed E-state index contributed by atoms with van der Waals surface area (Å²) in [6.07, 6.45) is 3.73. The molecule has 0 bridgehead atoms. The lowest BCUT2D eigenvalue weighted by molar-refractivity contribution is 0.321. The first-order valence-corrected chi connectivity index (χ1v) is 10.2. The molecule has 0 amide bonds. The average molecular weight is 410 g/mol. The van der Waals surface area contributed by atoms with Crippen molar-refractivity contribution in [2.75, 3.05) is 13.2 Å². The fourth-order valence-electron chi connectivity index (χ4n) is 3.06. The summed E-state index contributed by atoms with van der Waals surface area (Å²) in [5, 5.41) is 10.9. The summed E-state index contributed by atoms with van der Waals surface area (Å²) >= 11 is 0. The van der Waals surface area contributed by atoms with Gasteiger partial charge in [-0.1, -0.05) is 30.3 Å². The van der Waals surface area contributed by atoms with Crippen molar-refractivity contribution >= 4 is 5.96 Å². The lowest BCUT2D eigenvalue weighted by Crippen LogP contribution is -2.37. The standard InChI is InChI=1S/C23H28FN5O/c1-3-25-23(26-15-18-10-11-22(30-4-2)21(24)14-18)27-16-19-8-5-6-9-20(19)17-29-13-7-12-28-29/h5-14H,3-4,15-17H2,1-2H3,(H2,25,26,27). The molecule has 0 atom stereocenters. The molecule has 3 aromatic rings. The van der Waals surface area contributed by atoms with Gasteiger partial charge in [-0.25, -0.2) is 9.38 Å². The van der Waals surface area contributed by atoms with E-state index in [2.05, 4.69) is 32.9 Å². The van der Waals surface area contributed by atoms with E-state index in [4.69, 9.17) is 4.74 Å². The fourth-order valence-corrected chi connectivity index (χ4v) is 3.06. The highest BCUT2D eigenvalue weighted by Gasteiger charge is 2.06. The van der Waals surface area contributed by atoms with E-state index in [0.29, 0.717) is 32.2 Å². The third kappa shape index (κ3) is 6.07. The van der Waals surface area contributed by atoms with Crippen LogP contribution in [-0.4, -0.2) is 28.9 Å². The molecule has 0 aliphatic heterocycles. The summed E-state index contributed by atoms with van der Waals surface area (Å²) < 4.78 is 21.2. The Bertz CT molecular complexity index is 956. The van der Waals surface area contributed by atoms with Crippen molar-refractivity contribution in [3.8, 4) is 5.75 Å². The Hall–Kier alpha value is -3.35. The molecule has 30 heavy (non-hydrogen) atoms. The van der Waals surface area contributed by atoms with Crippen LogP contribution >= 0.6 is 0 Å². The molecule has 0 saturated carbocycles. The van der Waals surface area contributed by atoms with Crippen LogP contribution in [0.4, 0.5) is 4.39 Å². The Labute approximate surface area is 176 Å². The minimum atomic E-state index is -0.366. The molecule has 2 N–H and O–H groups in total. The molecule has 3 rings (SSSR count). The van der Waals surface area contributed by atoms with Gasteiger partial charge in [0.05, 0.1) is 19.7 Å². The van der Waals surface area contributed by atoms with Gasteiger partial charge in [-0.2, -0.15) is 5.10 Å². The molecule has 158 valence electrons. The second-order valence-corrected chi connectivity index (χ2v) is 6.72. The topological polar surface area (TPSA) is 63.5 Å². The first kappa shape index (κ1) is 21.4. The highest BCUT2D eigenvalue weighted by molar-refractivity contribution is 5.79. The lowest BCUT2D eigenvalue weighted by atomic mass is 10.1. The number of nitrogens with zero attached hydrogens (tertiary/aromatic N) is 3. The number of hydrogen-bond acceptors (Lipinski definition) is 3. The minimum absolute atomic E-state index is 0.268. The van der Waals surface area contributed by atoms with Crippen molar-refractivity contribution in [1.29, 1.82) is 0 Å². The molecular formula is C23H28FN5O. The van der Waals surface area contributed by atoms with Gasteiger partial charge >= 0.3 is 0 Å². The van der Waals surface area contributed by atoms with Crippen LogP contribution in [0.3, 0.4) is 0 Å². The van der Waals surface area contributed by atoms with Crippen molar-refractivity contribution in [2.24, 2.45) is 4.99 Å². The maximum absolute atomic E-state index is 14.1. The Balaban J connectivity index is 1.65. The Morgan fingerprint density at radius 1 is 1.10 bits per heavy atom. The molecule has 0 aliphatic rings. The number of hydrogen-bond donors (Lipinski definition) is 2. The van der Waals surface area contributed by atoms with E-state index in [1.54, 1.807) is 12.3 Å². The van der Waals surface area contributed by atoms with Crippen LogP contribution in [0.25, 0.3) is 0 Å². The first-order valence-electron chi connectivity index (χ1n) is 10.2. The van der Waals surface area contributed by atoms with E-state index in [1.807, 2.05) is 49.0 Å². The number of guanidine groups is 1. The number of benzene rings is 2. The molecule has 1 heterocycles. The molecule has 1 aromatic heterocycles. The monoisotopic (exact) mass is 409 g/mol. The molecule has 0 spiro atoms. The van der Waals surface area contributed by atoms with E-state index in [9.17, 15) is 4.39 Å². The zero-order chi connectivity index (χ0) is 21.2. The van der Waals surface area contributed by atoms with Crippen molar-refractivity contribution in [3.63, 3.8) is 0 Å². The van der Waals surface area contributed by atoms with E-state index < -0.39 is 0 Å². The molecular weight excluding hydrogens is 381 g/mol. The number of rotatable bonds is 9. The largest absolute Gasteiger partial charge is 0.491 e. The van der Waals surface area contributed by atoms with Crippen LogP contribution < -0.4 is 15.4 Å². The third-order valence-electron chi connectivity index (χ3n) is 4.52. The van der Waals surface area contributed by atoms with E-state index in [-0.39, 0.29) is 11.6 Å². The number of ether oxygens (including phenoxy) is 1. The second kappa shape index (κ2) is 11.0. The maximum atomic E-state index is 14.1. The van der Waals surface area contributed by atoms with E-state index >= 15 is 0 Å². The van der Waals surface area contributed by atoms with Crippen molar-refractivity contribution in [1.82, 2.24) is 20.4 Å². The summed E-state index contributed by atoms with van der Waals surface area (Å²) in [4.78, 5) is 4.59. The van der Waals surface area contributed by atoms with Gasteiger partial charge in [0.1, 0.15) is 0 Å².